The van der Waals surface area contributed by atoms with Crippen LogP contribution < -0.4 is 5.73 Å². The first-order valence-electron chi connectivity index (χ1n) is 6.07. The highest BCUT2D eigenvalue weighted by Crippen LogP contribution is 2.24. The number of nitrogens with zero attached hydrogens (tertiary/aromatic N) is 2. The van der Waals surface area contributed by atoms with Gasteiger partial charge in [0.05, 0.1) is 29.0 Å². The lowest BCUT2D eigenvalue weighted by molar-refractivity contribution is 0.597. The largest absolute Gasteiger partial charge is 0.319 e. The molecule has 0 aliphatic heterocycles. The summed E-state index contributed by atoms with van der Waals surface area (Å²) >= 11 is 5.74. The van der Waals surface area contributed by atoms with E-state index in [1.807, 2.05) is 24.3 Å². The monoisotopic (exact) mass is 287 g/mol. The van der Waals surface area contributed by atoms with Gasteiger partial charge in [0.2, 0.25) is 0 Å². The third-order valence-corrected chi connectivity index (χ3v) is 3.32. The topological polar surface area (TPSA) is 51.8 Å². The molecule has 3 aromatic rings. The van der Waals surface area contributed by atoms with E-state index in [1.165, 1.54) is 6.07 Å². The molecule has 2 N–H and O–H groups in total. The Labute approximate surface area is 120 Å². The second-order valence-corrected chi connectivity index (χ2v) is 4.86. The molecule has 2 aromatic carbocycles. The van der Waals surface area contributed by atoms with Gasteiger partial charge in [-0.15, -0.1) is 0 Å². The van der Waals surface area contributed by atoms with E-state index >= 15 is 0 Å². The van der Waals surface area contributed by atoms with Crippen molar-refractivity contribution in [3.05, 3.63) is 70.8 Å². The molecule has 0 radical (unpaired) electrons. The first kappa shape index (κ1) is 13.0. The van der Waals surface area contributed by atoms with Crippen molar-refractivity contribution in [2.24, 2.45) is 5.73 Å². The van der Waals surface area contributed by atoms with Crippen LogP contribution in [0.5, 0.6) is 0 Å². The molecule has 1 heterocycles. The van der Waals surface area contributed by atoms with E-state index in [0.717, 1.165) is 11.0 Å². The third kappa shape index (κ3) is 2.35. The fourth-order valence-electron chi connectivity index (χ4n) is 2.03. The van der Waals surface area contributed by atoms with Crippen LogP contribution in [0, 0.1) is 5.82 Å². The number of hydrogen-bond acceptors (Lipinski definition) is 3. The Balaban J connectivity index is 2.05. The van der Waals surface area contributed by atoms with E-state index in [-0.39, 0.29) is 0 Å². The average Bonchev–Trinajstić information content (AvgIpc) is 2.46. The van der Waals surface area contributed by atoms with Crippen LogP contribution in [-0.4, -0.2) is 9.97 Å². The minimum Gasteiger partial charge on any atom is -0.319 e. The number of nitrogens with two attached hydrogens (primary N) is 1. The van der Waals surface area contributed by atoms with Gasteiger partial charge < -0.3 is 5.73 Å². The maximum atomic E-state index is 13.9. The predicted molar refractivity (Wildman–Crippen MR) is 77.0 cm³/mol. The lowest BCUT2D eigenvalue weighted by Gasteiger charge is -2.13. The Bertz CT molecular complexity index is 776. The van der Waals surface area contributed by atoms with Gasteiger partial charge in [0, 0.05) is 10.6 Å². The van der Waals surface area contributed by atoms with Crippen LogP contribution in [0.3, 0.4) is 0 Å². The SMILES string of the molecule is NC(c1cnc2ccccc2n1)c1ccc(Cl)cc1F. The number of halogens is 2. The van der Waals surface area contributed by atoms with Gasteiger partial charge in [0.15, 0.2) is 0 Å². The molecule has 3 rings (SSSR count). The number of hydrogen-bond donors (Lipinski definition) is 1. The van der Waals surface area contributed by atoms with Gasteiger partial charge in [-0.3, -0.25) is 4.98 Å². The lowest BCUT2D eigenvalue weighted by Crippen LogP contribution is -2.15. The smallest absolute Gasteiger partial charge is 0.129 e. The van der Waals surface area contributed by atoms with E-state index in [4.69, 9.17) is 17.3 Å². The molecule has 1 atom stereocenters. The van der Waals surface area contributed by atoms with Crippen molar-refractivity contribution in [2.75, 3.05) is 0 Å². The first-order valence-corrected chi connectivity index (χ1v) is 6.45. The Kier molecular flexibility index (Phi) is 3.34. The molecule has 20 heavy (non-hydrogen) atoms. The van der Waals surface area contributed by atoms with Crippen molar-refractivity contribution < 1.29 is 4.39 Å². The standard InChI is InChI=1S/C15H11ClFN3/c16-9-5-6-10(11(17)7-9)15(18)14-8-19-12-3-1-2-4-13(12)20-14/h1-8,15H,18H2. The predicted octanol–water partition coefficient (Wildman–Crippen LogP) is 3.47. The van der Waals surface area contributed by atoms with Crippen LogP contribution in [0.25, 0.3) is 11.0 Å². The highest BCUT2D eigenvalue weighted by molar-refractivity contribution is 6.30. The summed E-state index contributed by atoms with van der Waals surface area (Å²) in [6, 6.07) is 11.2. The molecule has 0 saturated heterocycles. The normalized spacial score (nSPS) is 12.6. The Morgan fingerprint density at radius 1 is 1.10 bits per heavy atom. The highest BCUT2D eigenvalue weighted by Gasteiger charge is 2.16. The van der Waals surface area contributed by atoms with Gasteiger partial charge in [-0.05, 0) is 24.3 Å². The van der Waals surface area contributed by atoms with Crippen LogP contribution in [0.15, 0.2) is 48.7 Å². The molecule has 0 saturated carbocycles. The summed E-state index contributed by atoms with van der Waals surface area (Å²) in [6.45, 7) is 0. The van der Waals surface area contributed by atoms with Crippen molar-refractivity contribution in [1.29, 1.82) is 0 Å². The number of para-hydroxylation sites is 2. The van der Waals surface area contributed by atoms with Crippen LogP contribution in [0.1, 0.15) is 17.3 Å². The van der Waals surface area contributed by atoms with Crippen LogP contribution in [0.2, 0.25) is 5.02 Å². The fourth-order valence-corrected chi connectivity index (χ4v) is 2.19. The van der Waals surface area contributed by atoms with Gasteiger partial charge in [-0.2, -0.15) is 0 Å². The molecule has 3 nitrogen and oxygen atoms in total. The minimum atomic E-state index is -0.677. The van der Waals surface area contributed by atoms with Crippen molar-refractivity contribution in [1.82, 2.24) is 9.97 Å². The maximum Gasteiger partial charge on any atom is 0.129 e. The summed E-state index contributed by atoms with van der Waals surface area (Å²) < 4.78 is 13.9. The summed E-state index contributed by atoms with van der Waals surface area (Å²) in [5, 5.41) is 0.336. The fraction of sp³-hybridized carbons (Fsp3) is 0.0667. The average molecular weight is 288 g/mol. The molecule has 0 fully saturated rings. The molecule has 0 aliphatic rings. The molecule has 0 aliphatic carbocycles. The summed E-state index contributed by atoms with van der Waals surface area (Å²) in [6.07, 6.45) is 1.57. The van der Waals surface area contributed by atoms with Gasteiger partial charge in [0.1, 0.15) is 5.82 Å². The number of benzene rings is 2. The van der Waals surface area contributed by atoms with Crippen molar-refractivity contribution in [3.8, 4) is 0 Å². The maximum absolute atomic E-state index is 13.9. The number of aromatic nitrogens is 2. The van der Waals surface area contributed by atoms with Crippen molar-refractivity contribution in [3.63, 3.8) is 0 Å². The van der Waals surface area contributed by atoms with Crippen LogP contribution >= 0.6 is 11.6 Å². The van der Waals surface area contributed by atoms with E-state index in [0.29, 0.717) is 16.3 Å². The van der Waals surface area contributed by atoms with Crippen molar-refractivity contribution in [2.45, 2.75) is 6.04 Å². The minimum absolute atomic E-state index is 0.336. The molecular formula is C15H11ClFN3. The second-order valence-electron chi connectivity index (χ2n) is 4.43. The van der Waals surface area contributed by atoms with E-state index in [2.05, 4.69) is 9.97 Å². The van der Waals surface area contributed by atoms with E-state index in [9.17, 15) is 4.39 Å². The van der Waals surface area contributed by atoms with E-state index in [1.54, 1.807) is 18.3 Å². The van der Waals surface area contributed by atoms with Gasteiger partial charge in [-0.25, -0.2) is 9.37 Å². The van der Waals surface area contributed by atoms with E-state index < -0.39 is 11.9 Å². The third-order valence-electron chi connectivity index (χ3n) is 3.08. The zero-order chi connectivity index (χ0) is 14.1. The molecule has 100 valence electrons. The zero-order valence-electron chi connectivity index (χ0n) is 10.4. The number of rotatable bonds is 2. The second kappa shape index (κ2) is 5.15. The summed E-state index contributed by atoms with van der Waals surface area (Å²) in [4.78, 5) is 8.71. The quantitative estimate of drug-likeness (QED) is 0.785. The summed E-state index contributed by atoms with van der Waals surface area (Å²) in [5.74, 6) is -0.444. The highest BCUT2D eigenvalue weighted by atomic mass is 35.5. The molecule has 1 unspecified atom stereocenters. The van der Waals surface area contributed by atoms with Gasteiger partial charge in [-0.1, -0.05) is 29.8 Å². The molecule has 5 heteroatoms. The Hall–Kier alpha value is -2.04. The van der Waals surface area contributed by atoms with Gasteiger partial charge in [0.25, 0.3) is 0 Å². The van der Waals surface area contributed by atoms with Gasteiger partial charge >= 0.3 is 0 Å². The van der Waals surface area contributed by atoms with Crippen molar-refractivity contribution >= 4 is 22.6 Å². The Morgan fingerprint density at radius 3 is 2.60 bits per heavy atom. The Morgan fingerprint density at radius 2 is 1.85 bits per heavy atom. The molecule has 0 spiro atoms. The van der Waals surface area contributed by atoms with Crippen LogP contribution in [-0.2, 0) is 0 Å². The summed E-state index contributed by atoms with van der Waals surface area (Å²) in [7, 11) is 0. The first-order chi connectivity index (χ1) is 9.65. The van der Waals surface area contributed by atoms with Crippen LogP contribution in [0.4, 0.5) is 4.39 Å². The molecular weight excluding hydrogens is 277 g/mol. The molecule has 0 amide bonds. The summed E-state index contributed by atoms with van der Waals surface area (Å²) in [5.41, 5.74) is 8.45. The number of fused-ring (bicyclic) bond motifs is 1. The molecule has 0 bridgehead atoms. The molecule has 1 aromatic heterocycles. The lowest BCUT2D eigenvalue weighted by atomic mass is 10.0. The zero-order valence-corrected chi connectivity index (χ0v) is 11.2.